The number of carbonyl (C=O) groups is 2. The fourth-order valence-corrected chi connectivity index (χ4v) is 2.31. The summed E-state index contributed by atoms with van der Waals surface area (Å²) < 4.78 is 0. The summed E-state index contributed by atoms with van der Waals surface area (Å²) in [7, 11) is 0. The van der Waals surface area contributed by atoms with Crippen LogP contribution in [-0.2, 0) is 4.79 Å². The maximum atomic E-state index is 12.2. The summed E-state index contributed by atoms with van der Waals surface area (Å²) >= 11 is 0. The highest BCUT2D eigenvalue weighted by molar-refractivity contribution is 5.99. The van der Waals surface area contributed by atoms with Crippen LogP contribution < -0.4 is 10.6 Å². The van der Waals surface area contributed by atoms with Crippen LogP contribution in [0.1, 0.15) is 28.4 Å². The Balaban J connectivity index is 2.02. The number of hydrogen-bond donors (Lipinski definition) is 2. The molecule has 0 aliphatic rings. The molecule has 0 spiro atoms. The van der Waals surface area contributed by atoms with Crippen LogP contribution in [0.3, 0.4) is 0 Å². The quantitative estimate of drug-likeness (QED) is 0.829. The molecule has 1 amide bonds. The smallest absolute Gasteiger partial charge is 0.221 e. The number of amides is 1. The van der Waals surface area contributed by atoms with Crippen molar-refractivity contribution < 1.29 is 9.59 Å². The molecule has 0 atom stereocenters. The van der Waals surface area contributed by atoms with Crippen molar-refractivity contribution in [3.05, 3.63) is 59.2 Å². The zero-order valence-electron chi connectivity index (χ0n) is 13.1. The molecule has 0 fully saturated rings. The van der Waals surface area contributed by atoms with Gasteiger partial charge in [-0.05, 0) is 49.2 Å². The summed E-state index contributed by atoms with van der Waals surface area (Å²) in [5.41, 5.74) is 4.55. The molecule has 4 heteroatoms. The Labute approximate surface area is 130 Å². The number of carbonyl (C=O) groups excluding carboxylic acids is 2. The van der Waals surface area contributed by atoms with Crippen molar-refractivity contribution >= 4 is 23.1 Å². The van der Waals surface area contributed by atoms with Gasteiger partial charge in [0.1, 0.15) is 0 Å². The topological polar surface area (TPSA) is 58.2 Å². The van der Waals surface area contributed by atoms with E-state index in [9.17, 15) is 9.59 Å². The van der Waals surface area contributed by atoms with Crippen molar-refractivity contribution in [1.82, 2.24) is 0 Å². The molecule has 2 rings (SSSR count). The van der Waals surface area contributed by atoms with Gasteiger partial charge in [0.25, 0.3) is 0 Å². The number of rotatable bonds is 5. The van der Waals surface area contributed by atoms with Gasteiger partial charge >= 0.3 is 0 Å². The monoisotopic (exact) mass is 296 g/mol. The Hall–Kier alpha value is -2.62. The van der Waals surface area contributed by atoms with Gasteiger partial charge < -0.3 is 10.6 Å². The van der Waals surface area contributed by atoms with Crippen LogP contribution in [0.15, 0.2) is 42.5 Å². The standard InChI is InChI=1S/C18H20N2O2/c1-12-5-4-6-13(2)18(12)19-11-17(22)15-7-9-16(10-8-15)20-14(3)21/h4-10,19H,11H2,1-3H3,(H,20,21). The first-order valence-corrected chi connectivity index (χ1v) is 7.18. The molecule has 22 heavy (non-hydrogen) atoms. The van der Waals surface area contributed by atoms with E-state index in [-0.39, 0.29) is 18.2 Å². The number of nitrogens with one attached hydrogen (secondary N) is 2. The number of benzene rings is 2. The van der Waals surface area contributed by atoms with Crippen LogP contribution in [0.5, 0.6) is 0 Å². The van der Waals surface area contributed by atoms with Gasteiger partial charge in [-0.3, -0.25) is 9.59 Å². The van der Waals surface area contributed by atoms with Gasteiger partial charge in [-0.2, -0.15) is 0 Å². The molecular weight excluding hydrogens is 276 g/mol. The highest BCUT2D eigenvalue weighted by Crippen LogP contribution is 2.19. The molecule has 4 nitrogen and oxygen atoms in total. The third-order valence-corrected chi connectivity index (χ3v) is 3.43. The lowest BCUT2D eigenvalue weighted by atomic mass is 10.1. The minimum atomic E-state index is -0.129. The first-order chi connectivity index (χ1) is 10.5. The fourth-order valence-electron chi connectivity index (χ4n) is 2.31. The molecule has 0 bridgehead atoms. The maximum Gasteiger partial charge on any atom is 0.221 e. The second-order valence-corrected chi connectivity index (χ2v) is 5.30. The number of aryl methyl sites for hydroxylation is 2. The second kappa shape index (κ2) is 6.89. The summed E-state index contributed by atoms with van der Waals surface area (Å²) in [6.07, 6.45) is 0. The van der Waals surface area contributed by atoms with Crippen molar-refractivity contribution in [3.8, 4) is 0 Å². The van der Waals surface area contributed by atoms with E-state index in [2.05, 4.69) is 10.6 Å². The van der Waals surface area contributed by atoms with E-state index in [0.717, 1.165) is 16.8 Å². The number of hydrogen-bond acceptors (Lipinski definition) is 3. The number of ketones is 1. The highest BCUT2D eigenvalue weighted by atomic mass is 16.1. The van der Waals surface area contributed by atoms with Crippen LogP contribution in [0.2, 0.25) is 0 Å². The predicted molar refractivity (Wildman–Crippen MR) is 89.5 cm³/mol. The fraction of sp³-hybridized carbons (Fsp3) is 0.222. The largest absolute Gasteiger partial charge is 0.377 e. The second-order valence-electron chi connectivity index (χ2n) is 5.30. The van der Waals surface area contributed by atoms with Crippen molar-refractivity contribution in [2.24, 2.45) is 0 Å². The lowest BCUT2D eigenvalue weighted by Gasteiger charge is -2.12. The highest BCUT2D eigenvalue weighted by Gasteiger charge is 2.08. The predicted octanol–water partition coefficient (Wildman–Crippen LogP) is 3.56. The van der Waals surface area contributed by atoms with E-state index in [0.29, 0.717) is 11.3 Å². The van der Waals surface area contributed by atoms with Gasteiger partial charge in [0, 0.05) is 23.9 Å². The Morgan fingerprint density at radius 3 is 2.09 bits per heavy atom. The average Bonchev–Trinajstić information content (AvgIpc) is 2.46. The molecule has 2 N–H and O–H groups in total. The lowest BCUT2D eigenvalue weighted by molar-refractivity contribution is -0.114. The van der Waals surface area contributed by atoms with E-state index >= 15 is 0 Å². The van der Waals surface area contributed by atoms with Crippen LogP contribution in [0.25, 0.3) is 0 Å². The summed E-state index contributed by atoms with van der Waals surface area (Å²) in [6, 6.07) is 12.9. The van der Waals surface area contributed by atoms with Gasteiger partial charge in [-0.15, -0.1) is 0 Å². The first kappa shape index (κ1) is 15.8. The SMILES string of the molecule is CC(=O)Nc1ccc(C(=O)CNc2c(C)cccc2C)cc1. The Kier molecular flexibility index (Phi) is 4.94. The number of Topliss-reactive ketones (excluding diaryl/α,β-unsaturated/α-hetero) is 1. The third kappa shape index (κ3) is 3.95. The third-order valence-electron chi connectivity index (χ3n) is 3.43. The van der Waals surface area contributed by atoms with Gasteiger partial charge in [0.2, 0.25) is 5.91 Å². The number of anilines is 2. The van der Waals surface area contributed by atoms with Crippen molar-refractivity contribution in [2.45, 2.75) is 20.8 Å². The van der Waals surface area contributed by atoms with E-state index in [1.807, 2.05) is 32.0 Å². The lowest BCUT2D eigenvalue weighted by Crippen LogP contribution is -2.15. The summed E-state index contributed by atoms with van der Waals surface area (Å²) in [6.45, 7) is 5.72. The van der Waals surface area contributed by atoms with Crippen molar-refractivity contribution in [3.63, 3.8) is 0 Å². The van der Waals surface area contributed by atoms with Crippen molar-refractivity contribution in [2.75, 3.05) is 17.2 Å². The van der Waals surface area contributed by atoms with Crippen LogP contribution in [-0.4, -0.2) is 18.2 Å². The Morgan fingerprint density at radius 2 is 1.55 bits per heavy atom. The van der Waals surface area contributed by atoms with E-state index in [4.69, 9.17) is 0 Å². The summed E-state index contributed by atoms with van der Waals surface area (Å²) in [5, 5.41) is 5.88. The van der Waals surface area contributed by atoms with E-state index < -0.39 is 0 Å². The molecule has 114 valence electrons. The van der Waals surface area contributed by atoms with Gasteiger partial charge in [-0.1, -0.05) is 18.2 Å². The minimum Gasteiger partial charge on any atom is -0.377 e. The molecule has 0 saturated carbocycles. The molecule has 0 saturated heterocycles. The molecule has 2 aromatic carbocycles. The van der Waals surface area contributed by atoms with Gasteiger partial charge in [-0.25, -0.2) is 0 Å². The molecule has 0 heterocycles. The van der Waals surface area contributed by atoms with E-state index in [1.165, 1.54) is 6.92 Å². The summed E-state index contributed by atoms with van der Waals surface area (Å²) in [4.78, 5) is 23.2. The average molecular weight is 296 g/mol. The van der Waals surface area contributed by atoms with Crippen LogP contribution >= 0.6 is 0 Å². The first-order valence-electron chi connectivity index (χ1n) is 7.18. The van der Waals surface area contributed by atoms with Crippen molar-refractivity contribution in [1.29, 1.82) is 0 Å². The molecule has 0 radical (unpaired) electrons. The Morgan fingerprint density at radius 1 is 0.955 bits per heavy atom. The normalized spacial score (nSPS) is 10.1. The molecule has 2 aromatic rings. The summed E-state index contributed by atoms with van der Waals surface area (Å²) in [5.74, 6) is -0.118. The molecular formula is C18H20N2O2. The molecule has 0 unspecified atom stereocenters. The molecule has 0 aliphatic carbocycles. The number of para-hydroxylation sites is 1. The van der Waals surface area contributed by atoms with Crippen LogP contribution in [0, 0.1) is 13.8 Å². The minimum absolute atomic E-state index is 0.0111. The molecule has 0 aromatic heterocycles. The zero-order valence-corrected chi connectivity index (χ0v) is 13.1. The van der Waals surface area contributed by atoms with E-state index in [1.54, 1.807) is 24.3 Å². The van der Waals surface area contributed by atoms with Crippen LogP contribution in [0.4, 0.5) is 11.4 Å². The van der Waals surface area contributed by atoms with Gasteiger partial charge in [0.05, 0.1) is 6.54 Å². The molecule has 0 aliphatic heterocycles. The maximum absolute atomic E-state index is 12.2. The Bertz CT molecular complexity index is 670. The zero-order chi connectivity index (χ0) is 16.1. The van der Waals surface area contributed by atoms with Gasteiger partial charge in [0.15, 0.2) is 5.78 Å².